The molecular formula is C33H30O18. The van der Waals surface area contributed by atoms with Crippen LogP contribution < -0.4 is 0 Å². The highest BCUT2D eigenvalue weighted by atomic mass is 16.6. The molecule has 0 radical (unpaired) electrons. The van der Waals surface area contributed by atoms with Crippen molar-refractivity contribution in [3.8, 4) is 23.0 Å². The molecule has 7 N–H and O–H groups in total. The third-order valence-corrected chi connectivity index (χ3v) is 7.01. The average Bonchev–Trinajstić information content (AvgIpc) is 3.05. The SMILES string of the molecule is O=C(O)/C=C/C(=O)O[C@@H]1C[C@](OC(=O)/C=C/c2ccc(O)c(O)c2)(C(=O)O)C[C@@H](OC(=O)/C=C/c2ccc(O)c(O)c2)[C@H]1OC(=O)CCC(=O)O. The first-order valence-electron chi connectivity index (χ1n) is 14.6. The molecule has 270 valence electrons. The van der Waals surface area contributed by atoms with Gasteiger partial charge in [-0.05, 0) is 47.5 Å². The monoisotopic (exact) mass is 714 g/mol. The van der Waals surface area contributed by atoms with E-state index in [9.17, 15) is 59.1 Å². The van der Waals surface area contributed by atoms with Crippen LogP contribution in [-0.4, -0.2) is 101 Å². The van der Waals surface area contributed by atoms with Gasteiger partial charge in [-0.3, -0.25) is 9.59 Å². The lowest BCUT2D eigenvalue weighted by Gasteiger charge is -2.43. The summed E-state index contributed by atoms with van der Waals surface area (Å²) in [7, 11) is 0. The summed E-state index contributed by atoms with van der Waals surface area (Å²) in [5, 5.41) is 66.6. The maximum absolute atomic E-state index is 13.0. The fraction of sp³-hybridized carbons (Fsp3) is 0.242. The lowest BCUT2D eigenvalue weighted by atomic mass is 9.79. The van der Waals surface area contributed by atoms with Crippen LogP contribution in [0.3, 0.4) is 0 Å². The van der Waals surface area contributed by atoms with Crippen LogP contribution >= 0.6 is 0 Å². The zero-order valence-corrected chi connectivity index (χ0v) is 26.1. The second-order valence-electron chi connectivity index (χ2n) is 10.8. The predicted octanol–water partition coefficient (Wildman–Crippen LogP) is 1.64. The van der Waals surface area contributed by atoms with E-state index in [0.29, 0.717) is 12.2 Å². The molecule has 0 aromatic heterocycles. The molecule has 0 unspecified atom stereocenters. The van der Waals surface area contributed by atoms with Gasteiger partial charge in [0.25, 0.3) is 0 Å². The van der Waals surface area contributed by atoms with Crippen molar-refractivity contribution in [2.24, 2.45) is 0 Å². The van der Waals surface area contributed by atoms with Crippen molar-refractivity contribution in [2.75, 3.05) is 0 Å². The van der Waals surface area contributed by atoms with Gasteiger partial charge in [0.1, 0.15) is 12.2 Å². The number of aromatic hydroxyl groups is 4. The maximum atomic E-state index is 13.0. The fourth-order valence-corrected chi connectivity index (χ4v) is 4.66. The summed E-state index contributed by atoms with van der Waals surface area (Å²) in [6, 6.07) is 6.95. The number of phenolic OH excluding ortho intramolecular Hbond substituents is 4. The first-order chi connectivity index (χ1) is 24.0. The van der Waals surface area contributed by atoms with Gasteiger partial charge in [-0.2, -0.15) is 0 Å². The van der Waals surface area contributed by atoms with E-state index < -0.39 is 114 Å². The Morgan fingerprint density at radius 2 is 1.12 bits per heavy atom. The average molecular weight is 715 g/mol. The van der Waals surface area contributed by atoms with Gasteiger partial charge >= 0.3 is 41.8 Å². The van der Waals surface area contributed by atoms with Crippen molar-refractivity contribution in [1.82, 2.24) is 0 Å². The molecular weight excluding hydrogens is 684 g/mol. The van der Waals surface area contributed by atoms with Crippen LogP contribution in [0, 0.1) is 0 Å². The molecule has 3 rings (SSSR count). The molecule has 1 saturated carbocycles. The Bertz CT molecular complexity index is 1790. The van der Waals surface area contributed by atoms with E-state index >= 15 is 0 Å². The van der Waals surface area contributed by atoms with Crippen molar-refractivity contribution in [3.63, 3.8) is 0 Å². The number of carbonyl (C=O) groups is 7. The highest BCUT2D eigenvalue weighted by molar-refractivity contribution is 5.92. The topological polar surface area (TPSA) is 298 Å². The summed E-state index contributed by atoms with van der Waals surface area (Å²) < 4.78 is 21.2. The van der Waals surface area contributed by atoms with Crippen LogP contribution in [0.4, 0.5) is 0 Å². The zero-order valence-electron chi connectivity index (χ0n) is 26.1. The van der Waals surface area contributed by atoms with Gasteiger partial charge in [-0.15, -0.1) is 0 Å². The fourth-order valence-electron chi connectivity index (χ4n) is 4.66. The Morgan fingerprint density at radius 1 is 0.627 bits per heavy atom. The number of rotatable bonds is 14. The third-order valence-electron chi connectivity index (χ3n) is 7.01. The Hall–Kier alpha value is -6.85. The molecule has 51 heavy (non-hydrogen) atoms. The quantitative estimate of drug-likeness (QED) is 0.0633. The summed E-state index contributed by atoms with van der Waals surface area (Å²) in [4.78, 5) is 85.8. The van der Waals surface area contributed by atoms with Crippen molar-refractivity contribution in [1.29, 1.82) is 0 Å². The molecule has 0 bridgehead atoms. The standard InChI is InChI=1S/C33H30O18/c34-19-5-1-17(13-21(19)36)3-9-27(42)48-23-15-33(32(46)47,51-30(45)10-4-18-2-6-20(35)22(37)14-18)16-24(49-28(43)11-7-25(38)39)31(23)50-29(44)12-8-26(40)41/h1-7,9-11,13-14,23-24,31,34-37H,8,12,15-16H2,(H,38,39)(H,40,41)(H,46,47)/b9-3+,10-4+,11-7+/t23-,24-,31-,33+/m1/s1. The summed E-state index contributed by atoms with van der Waals surface area (Å²) in [5.41, 5.74) is -2.33. The van der Waals surface area contributed by atoms with Gasteiger partial charge in [0.15, 0.2) is 29.1 Å². The first-order valence-corrected chi connectivity index (χ1v) is 14.6. The summed E-state index contributed by atoms with van der Waals surface area (Å²) in [5.74, 6) is -11.9. The van der Waals surface area contributed by atoms with Crippen molar-refractivity contribution < 1.29 is 88.3 Å². The summed E-state index contributed by atoms with van der Waals surface area (Å²) >= 11 is 0. The van der Waals surface area contributed by atoms with Crippen LogP contribution in [0.2, 0.25) is 0 Å². The Balaban J connectivity index is 2.03. The van der Waals surface area contributed by atoms with Gasteiger partial charge in [0.2, 0.25) is 5.60 Å². The van der Waals surface area contributed by atoms with Gasteiger partial charge in [-0.1, -0.05) is 12.1 Å². The van der Waals surface area contributed by atoms with E-state index in [0.717, 1.165) is 48.6 Å². The van der Waals surface area contributed by atoms with Crippen molar-refractivity contribution in [3.05, 3.63) is 71.8 Å². The molecule has 0 saturated heterocycles. The number of esters is 4. The smallest absolute Gasteiger partial charge is 0.348 e. The molecule has 18 heteroatoms. The third kappa shape index (κ3) is 11.4. The van der Waals surface area contributed by atoms with Gasteiger partial charge in [-0.25, -0.2) is 24.0 Å². The molecule has 18 nitrogen and oxygen atoms in total. The molecule has 1 aliphatic carbocycles. The summed E-state index contributed by atoms with van der Waals surface area (Å²) in [6.45, 7) is 0. The number of phenols is 4. The Kier molecular flexibility index (Phi) is 12.9. The molecule has 0 spiro atoms. The molecule has 0 heterocycles. The van der Waals surface area contributed by atoms with Gasteiger partial charge in [0.05, 0.1) is 12.8 Å². The largest absolute Gasteiger partial charge is 0.504 e. The Morgan fingerprint density at radius 3 is 1.57 bits per heavy atom. The van der Waals surface area contributed by atoms with E-state index in [2.05, 4.69) is 0 Å². The molecule has 2 aromatic carbocycles. The number of hydrogen-bond acceptors (Lipinski definition) is 15. The molecule has 2 aromatic rings. The van der Waals surface area contributed by atoms with Gasteiger partial charge in [0, 0.05) is 37.1 Å². The van der Waals surface area contributed by atoms with E-state index in [-0.39, 0.29) is 11.1 Å². The number of carboxylic acids is 3. The molecule has 4 atom stereocenters. The second kappa shape index (κ2) is 17.0. The van der Waals surface area contributed by atoms with E-state index in [1.807, 2.05) is 0 Å². The van der Waals surface area contributed by atoms with Gasteiger partial charge < -0.3 is 54.7 Å². The summed E-state index contributed by atoms with van der Waals surface area (Å²) in [6.07, 6.45) is -4.44. The number of carboxylic acid groups (broad SMARTS) is 3. The van der Waals surface area contributed by atoms with Crippen molar-refractivity contribution >= 4 is 53.9 Å². The van der Waals surface area contributed by atoms with Crippen molar-refractivity contribution in [2.45, 2.75) is 49.6 Å². The number of benzene rings is 2. The molecule has 0 amide bonds. The number of hydrogen-bond donors (Lipinski definition) is 7. The molecule has 1 fully saturated rings. The number of ether oxygens (including phenoxy) is 4. The molecule has 1 aliphatic rings. The normalized spacial score (nSPS) is 20.1. The highest BCUT2D eigenvalue weighted by Gasteiger charge is 2.57. The lowest BCUT2D eigenvalue weighted by Crippen LogP contribution is -2.60. The van der Waals surface area contributed by atoms with E-state index in [1.54, 1.807) is 0 Å². The zero-order chi connectivity index (χ0) is 37.9. The number of carbonyl (C=O) groups excluding carboxylic acids is 4. The highest BCUT2D eigenvalue weighted by Crippen LogP contribution is 2.38. The second-order valence-corrected chi connectivity index (χ2v) is 10.8. The van der Waals surface area contributed by atoms with E-state index in [1.165, 1.54) is 12.1 Å². The maximum Gasteiger partial charge on any atom is 0.348 e. The van der Waals surface area contributed by atoms with Crippen LogP contribution in [-0.2, 0) is 52.5 Å². The minimum atomic E-state index is -2.68. The molecule has 0 aliphatic heterocycles. The predicted molar refractivity (Wildman–Crippen MR) is 167 cm³/mol. The van der Waals surface area contributed by atoms with Crippen LogP contribution in [0.1, 0.15) is 36.8 Å². The van der Waals surface area contributed by atoms with Crippen LogP contribution in [0.25, 0.3) is 12.2 Å². The Labute approximate surface area is 286 Å². The van der Waals surface area contributed by atoms with Crippen LogP contribution in [0.15, 0.2) is 60.7 Å². The van der Waals surface area contributed by atoms with E-state index in [4.69, 9.17) is 29.2 Å². The minimum Gasteiger partial charge on any atom is -0.504 e. The lowest BCUT2D eigenvalue weighted by molar-refractivity contribution is -0.219. The van der Waals surface area contributed by atoms with Crippen LogP contribution in [0.5, 0.6) is 23.0 Å². The first kappa shape index (κ1) is 38.6. The number of aliphatic carboxylic acids is 3. The minimum absolute atomic E-state index is 0.168.